The summed E-state index contributed by atoms with van der Waals surface area (Å²) >= 11 is 0. The van der Waals surface area contributed by atoms with E-state index in [-0.39, 0.29) is 0 Å². The van der Waals surface area contributed by atoms with Gasteiger partial charge in [0, 0.05) is 0 Å². The van der Waals surface area contributed by atoms with Crippen LogP contribution in [0.25, 0.3) is 0 Å². The molecule has 1 aliphatic rings. The van der Waals surface area contributed by atoms with E-state index >= 15 is 0 Å². The van der Waals surface area contributed by atoms with Gasteiger partial charge in [-0.15, -0.1) is 0 Å². The molecule has 1 heteroatoms. The smallest absolute Gasteiger partial charge is 0.00129 e. The molecule has 0 saturated carbocycles. The Morgan fingerprint density at radius 1 is 1.00 bits per heavy atom. The molecule has 0 radical (unpaired) electrons. The predicted molar refractivity (Wildman–Crippen MR) is 83.5 cm³/mol. The molecule has 1 nitrogen and oxygen atoms in total. The van der Waals surface area contributed by atoms with Gasteiger partial charge in [0.1, 0.15) is 0 Å². The van der Waals surface area contributed by atoms with Crippen LogP contribution in [0.5, 0.6) is 0 Å². The van der Waals surface area contributed by atoms with Crippen LogP contribution in [-0.2, 0) is 0 Å². The van der Waals surface area contributed by atoms with Crippen molar-refractivity contribution in [2.24, 2.45) is 5.92 Å². The van der Waals surface area contributed by atoms with Crippen molar-refractivity contribution < 1.29 is 0 Å². The molecule has 0 bridgehead atoms. The van der Waals surface area contributed by atoms with Gasteiger partial charge in [0.05, 0.1) is 0 Å². The van der Waals surface area contributed by atoms with Crippen molar-refractivity contribution in [3.63, 3.8) is 0 Å². The molecule has 0 N–H and O–H groups in total. The zero-order chi connectivity index (χ0) is 13.5. The van der Waals surface area contributed by atoms with E-state index in [4.69, 9.17) is 0 Å². The maximum Gasteiger partial charge on any atom is -0.00129 e. The first-order valence-electron chi connectivity index (χ1n) is 8.03. The standard InChI is InChI=1S/C18H29N/c1-16(2)15-18(17-9-5-3-6-10-17)11-14-19-12-7-4-8-13-19/h3,5-6,9-10,16,18H,4,7-8,11-15H2,1-2H3. The molecular formula is C18H29N. The summed E-state index contributed by atoms with van der Waals surface area (Å²) < 4.78 is 0. The van der Waals surface area contributed by atoms with Gasteiger partial charge in [0.2, 0.25) is 0 Å². The summed E-state index contributed by atoms with van der Waals surface area (Å²) in [4.78, 5) is 2.67. The summed E-state index contributed by atoms with van der Waals surface area (Å²) in [6, 6.07) is 11.1. The van der Waals surface area contributed by atoms with E-state index in [2.05, 4.69) is 49.1 Å². The van der Waals surface area contributed by atoms with Gasteiger partial charge in [0.25, 0.3) is 0 Å². The fourth-order valence-electron chi connectivity index (χ4n) is 3.24. The first-order chi connectivity index (χ1) is 9.25. The number of nitrogens with zero attached hydrogens (tertiary/aromatic N) is 1. The summed E-state index contributed by atoms with van der Waals surface area (Å²) in [6.45, 7) is 8.62. The normalized spacial score (nSPS) is 18.7. The third kappa shape index (κ3) is 4.99. The zero-order valence-electron chi connectivity index (χ0n) is 12.6. The van der Waals surface area contributed by atoms with Crippen molar-refractivity contribution in [3.05, 3.63) is 35.9 Å². The Kier molecular flexibility index (Phi) is 5.91. The molecule has 2 rings (SSSR count). The molecular weight excluding hydrogens is 230 g/mol. The fourth-order valence-corrected chi connectivity index (χ4v) is 3.24. The second-order valence-electron chi connectivity index (χ2n) is 6.43. The monoisotopic (exact) mass is 259 g/mol. The van der Waals surface area contributed by atoms with E-state index in [1.54, 1.807) is 0 Å². The topological polar surface area (TPSA) is 3.24 Å². The SMILES string of the molecule is CC(C)CC(CCN1CCCCC1)c1ccccc1. The Bertz CT molecular complexity index is 338. The van der Waals surface area contributed by atoms with E-state index in [0.29, 0.717) is 0 Å². The lowest BCUT2D eigenvalue weighted by molar-refractivity contribution is 0.218. The third-order valence-electron chi connectivity index (χ3n) is 4.27. The Morgan fingerprint density at radius 2 is 1.68 bits per heavy atom. The number of hydrogen-bond donors (Lipinski definition) is 0. The molecule has 0 spiro atoms. The van der Waals surface area contributed by atoms with Gasteiger partial charge < -0.3 is 4.90 Å². The molecule has 1 saturated heterocycles. The van der Waals surface area contributed by atoms with E-state index in [1.165, 1.54) is 57.3 Å². The third-order valence-corrected chi connectivity index (χ3v) is 4.27. The lowest BCUT2D eigenvalue weighted by atomic mass is 9.87. The van der Waals surface area contributed by atoms with Crippen LogP contribution in [-0.4, -0.2) is 24.5 Å². The highest BCUT2D eigenvalue weighted by atomic mass is 15.1. The van der Waals surface area contributed by atoms with E-state index in [0.717, 1.165) is 11.8 Å². The number of hydrogen-bond acceptors (Lipinski definition) is 1. The van der Waals surface area contributed by atoms with Crippen LogP contribution in [0, 0.1) is 5.92 Å². The number of piperidine rings is 1. The molecule has 0 aliphatic carbocycles. The van der Waals surface area contributed by atoms with Gasteiger partial charge in [0.15, 0.2) is 0 Å². The van der Waals surface area contributed by atoms with Crippen LogP contribution in [0.2, 0.25) is 0 Å². The first-order valence-corrected chi connectivity index (χ1v) is 8.03. The largest absolute Gasteiger partial charge is 0.303 e. The van der Waals surface area contributed by atoms with Crippen molar-refractivity contribution in [3.8, 4) is 0 Å². The minimum absolute atomic E-state index is 0.739. The fraction of sp³-hybridized carbons (Fsp3) is 0.667. The molecule has 1 aromatic rings. The lowest BCUT2D eigenvalue weighted by Gasteiger charge is -2.29. The van der Waals surface area contributed by atoms with Crippen molar-refractivity contribution in [2.75, 3.05) is 19.6 Å². The zero-order valence-corrected chi connectivity index (χ0v) is 12.6. The minimum atomic E-state index is 0.739. The Balaban J connectivity index is 1.90. The summed E-state index contributed by atoms with van der Waals surface area (Å²) in [5, 5.41) is 0. The van der Waals surface area contributed by atoms with Crippen LogP contribution in [0.15, 0.2) is 30.3 Å². The number of rotatable bonds is 6. The van der Waals surface area contributed by atoms with Crippen LogP contribution in [0.3, 0.4) is 0 Å². The van der Waals surface area contributed by atoms with Crippen LogP contribution < -0.4 is 0 Å². The van der Waals surface area contributed by atoms with Crippen LogP contribution >= 0.6 is 0 Å². The Labute approximate surface area is 119 Å². The molecule has 1 fully saturated rings. The summed E-state index contributed by atoms with van der Waals surface area (Å²) in [6.07, 6.45) is 6.88. The molecule has 1 heterocycles. The maximum atomic E-state index is 2.67. The summed E-state index contributed by atoms with van der Waals surface area (Å²) in [7, 11) is 0. The molecule has 1 unspecified atom stereocenters. The molecule has 106 valence electrons. The van der Waals surface area contributed by atoms with Gasteiger partial charge in [-0.1, -0.05) is 50.6 Å². The molecule has 0 amide bonds. The Hall–Kier alpha value is -0.820. The van der Waals surface area contributed by atoms with Crippen molar-refractivity contribution in [1.29, 1.82) is 0 Å². The van der Waals surface area contributed by atoms with Gasteiger partial charge in [-0.3, -0.25) is 0 Å². The number of likely N-dealkylation sites (tertiary alicyclic amines) is 1. The van der Waals surface area contributed by atoms with Crippen LogP contribution in [0.4, 0.5) is 0 Å². The maximum absolute atomic E-state index is 2.67. The Morgan fingerprint density at radius 3 is 2.32 bits per heavy atom. The van der Waals surface area contributed by atoms with Gasteiger partial charge in [-0.2, -0.15) is 0 Å². The van der Waals surface area contributed by atoms with Crippen LogP contribution in [0.1, 0.15) is 57.4 Å². The highest BCUT2D eigenvalue weighted by Crippen LogP contribution is 2.27. The number of benzene rings is 1. The van der Waals surface area contributed by atoms with Crippen molar-refractivity contribution in [2.45, 2.75) is 51.9 Å². The molecule has 1 atom stereocenters. The molecule has 0 aromatic heterocycles. The second kappa shape index (κ2) is 7.69. The molecule has 1 aromatic carbocycles. The highest BCUT2D eigenvalue weighted by molar-refractivity contribution is 5.19. The molecule has 1 aliphatic heterocycles. The predicted octanol–water partition coefficient (Wildman–Crippen LogP) is 4.69. The highest BCUT2D eigenvalue weighted by Gasteiger charge is 2.16. The van der Waals surface area contributed by atoms with Gasteiger partial charge >= 0.3 is 0 Å². The summed E-state index contributed by atoms with van der Waals surface area (Å²) in [5.41, 5.74) is 1.54. The van der Waals surface area contributed by atoms with Crippen molar-refractivity contribution >= 4 is 0 Å². The average Bonchev–Trinajstić information content (AvgIpc) is 2.45. The first kappa shape index (κ1) is 14.6. The van der Waals surface area contributed by atoms with E-state index in [9.17, 15) is 0 Å². The van der Waals surface area contributed by atoms with Gasteiger partial charge in [-0.25, -0.2) is 0 Å². The minimum Gasteiger partial charge on any atom is -0.303 e. The van der Waals surface area contributed by atoms with Crippen molar-refractivity contribution in [1.82, 2.24) is 4.90 Å². The average molecular weight is 259 g/mol. The molecule has 19 heavy (non-hydrogen) atoms. The van der Waals surface area contributed by atoms with E-state index in [1.807, 2.05) is 0 Å². The van der Waals surface area contributed by atoms with Gasteiger partial charge in [-0.05, 0) is 62.7 Å². The quantitative estimate of drug-likeness (QED) is 0.716. The second-order valence-corrected chi connectivity index (χ2v) is 6.43. The van der Waals surface area contributed by atoms with E-state index < -0.39 is 0 Å². The summed E-state index contributed by atoms with van der Waals surface area (Å²) in [5.74, 6) is 1.52. The lowest BCUT2D eigenvalue weighted by Crippen LogP contribution is -2.31.